The van der Waals surface area contributed by atoms with Gasteiger partial charge in [-0.1, -0.05) is 18.2 Å². The third kappa shape index (κ3) is 4.10. The van der Waals surface area contributed by atoms with Crippen LogP contribution >= 0.6 is 0 Å². The van der Waals surface area contributed by atoms with Gasteiger partial charge in [-0.3, -0.25) is 0 Å². The molecule has 0 aliphatic carbocycles. The molecule has 1 aromatic rings. The van der Waals surface area contributed by atoms with Crippen molar-refractivity contribution in [3.63, 3.8) is 0 Å². The topological polar surface area (TPSA) is 21.3 Å². The molecule has 1 N–H and O–H groups in total. The van der Waals surface area contributed by atoms with E-state index in [9.17, 15) is 4.39 Å². The van der Waals surface area contributed by atoms with Crippen LogP contribution in [0, 0.1) is 11.7 Å². The van der Waals surface area contributed by atoms with Crippen molar-refractivity contribution in [2.75, 3.05) is 19.7 Å². The van der Waals surface area contributed by atoms with Crippen molar-refractivity contribution in [1.29, 1.82) is 0 Å². The van der Waals surface area contributed by atoms with Crippen molar-refractivity contribution in [2.45, 2.75) is 25.9 Å². The Bertz CT molecular complexity index is 337. The summed E-state index contributed by atoms with van der Waals surface area (Å²) in [6, 6.07) is 6.79. The van der Waals surface area contributed by atoms with Crippen molar-refractivity contribution >= 4 is 0 Å². The van der Waals surface area contributed by atoms with E-state index in [-0.39, 0.29) is 5.82 Å². The predicted octanol–water partition coefficient (Wildman–Crippen LogP) is 2.73. The molecule has 2 rings (SSSR count). The maximum Gasteiger partial charge on any atom is 0.128 e. The van der Waals surface area contributed by atoms with Gasteiger partial charge in [0.2, 0.25) is 0 Å². The summed E-state index contributed by atoms with van der Waals surface area (Å²) in [7, 11) is 0. The lowest BCUT2D eigenvalue weighted by Gasteiger charge is -2.22. The summed E-state index contributed by atoms with van der Waals surface area (Å²) < 4.78 is 18.8. The van der Waals surface area contributed by atoms with Crippen molar-refractivity contribution in [3.8, 4) is 0 Å². The molecule has 17 heavy (non-hydrogen) atoms. The molecule has 1 saturated heterocycles. The Hall–Kier alpha value is -0.930. The van der Waals surface area contributed by atoms with Gasteiger partial charge >= 0.3 is 0 Å². The lowest BCUT2D eigenvalue weighted by molar-refractivity contribution is 0.101. The van der Waals surface area contributed by atoms with Crippen molar-refractivity contribution < 1.29 is 9.13 Å². The Labute approximate surface area is 102 Å². The largest absolute Gasteiger partial charge is 0.377 e. The molecule has 1 aromatic carbocycles. The summed E-state index contributed by atoms with van der Waals surface area (Å²) >= 11 is 0. The van der Waals surface area contributed by atoms with Crippen LogP contribution in [0.4, 0.5) is 4.39 Å². The second kappa shape index (κ2) is 6.72. The van der Waals surface area contributed by atoms with Gasteiger partial charge < -0.3 is 10.1 Å². The number of ether oxygens (including phenoxy) is 1. The van der Waals surface area contributed by atoms with Gasteiger partial charge in [-0.05, 0) is 44.3 Å². The number of nitrogens with one attached hydrogen (secondary N) is 1. The van der Waals surface area contributed by atoms with E-state index in [0.717, 1.165) is 32.0 Å². The Kier molecular flexibility index (Phi) is 4.95. The van der Waals surface area contributed by atoms with Crippen molar-refractivity contribution in [1.82, 2.24) is 5.32 Å². The van der Waals surface area contributed by atoms with Gasteiger partial charge in [0, 0.05) is 12.2 Å². The molecule has 1 atom stereocenters. The van der Waals surface area contributed by atoms with E-state index >= 15 is 0 Å². The highest BCUT2D eigenvalue weighted by atomic mass is 19.1. The molecule has 0 saturated carbocycles. The Morgan fingerprint density at radius 2 is 2.24 bits per heavy atom. The standard InChI is InChI=1S/C14H20FNO/c15-14-6-2-1-5-13(14)11-17-9-7-12-4-3-8-16-10-12/h1-2,5-6,12,16H,3-4,7-11H2/t12-/m0/s1. The molecule has 1 fully saturated rings. The molecular weight excluding hydrogens is 217 g/mol. The molecular formula is C14H20FNO. The van der Waals surface area contributed by atoms with Gasteiger partial charge in [-0.25, -0.2) is 4.39 Å². The fourth-order valence-electron chi connectivity index (χ4n) is 2.22. The molecule has 1 heterocycles. The van der Waals surface area contributed by atoms with Crippen LogP contribution < -0.4 is 5.32 Å². The normalized spacial score (nSPS) is 20.4. The number of hydrogen-bond donors (Lipinski definition) is 1. The molecule has 94 valence electrons. The summed E-state index contributed by atoms with van der Waals surface area (Å²) in [6.07, 6.45) is 3.62. The average Bonchev–Trinajstić information content (AvgIpc) is 2.38. The van der Waals surface area contributed by atoms with Crippen molar-refractivity contribution in [2.24, 2.45) is 5.92 Å². The maximum absolute atomic E-state index is 13.3. The number of benzene rings is 1. The van der Waals surface area contributed by atoms with Gasteiger partial charge in [0.25, 0.3) is 0 Å². The molecule has 0 amide bonds. The zero-order valence-electron chi connectivity index (χ0n) is 10.1. The molecule has 2 nitrogen and oxygen atoms in total. The molecule has 0 unspecified atom stereocenters. The van der Waals surface area contributed by atoms with E-state index in [1.807, 2.05) is 6.07 Å². The van der Waals surface area contributed by atoms with E-state index in [2.05, 4.69) is 5.32 Å². The first-order valence-electron chi connectivity index (χ1n) is 6.38. The Morgan fingerprint density at radius 3 is 3.00 bits per heavy atom. The molecule has 0 spiro atoms. The van der Waals surface area contributed by atoms with Crippen LogP contribution in [0.3, 0.4) is 0 Å². The molecule has 0 bridgehead atoms. The summed E-state index contributed by atoms with van der Waals surface area (Å²) in [4.78, 5) is 0. The van der Waals surface area contributed by atoms with Crippen LogP contribution in [0.25, 0.3) is 0 Å². The summed E-state index contributed by atoms with van der Waals surface area (Å²) in [6.45, 7) is 3.35. The number of halogens is 1. The summed E-state index contributed by atoms with van der Waals surface area (Å²) in [5.41, 5.74) is 0.647. The smallest absolute Gasteiger partial charge is 0.128 e. The number of hydrogen-bond acceptors (Lipinski definition) is 2. The van der Waals surface area contributed by atoms with Gasteiger partial charge in [0.1, 0.15) is 5.82 Å². The minimum Gasteiger partial charge on any atom is -0.377 e. The zero-order chi connectivity index (χ0) is 11.9. The highest BCUT2D eigenvalue weighted by Gasteiger charge is 2.12. The second-order valence-corrected chi connectivity index (χ2v) is 4.65. The predicted molar refractivity (Wildman–Crippen MR) is 66.3 cm³/mol. The lowest BCUT2D eigenvalue weighted by Crippen LogP contribution is -2.30. The average molecular weight is 237 g/mol. The summed E-state index contributed by atoms with van der Waals surface area (Å²) in [5.74, 6) is 0.552. The lowest BCUT2D eigenvalue weighted by atomic mass is 9.97. The highest BCUT2D eigenvalue weighted by molar-refractivity contribution is 5.16. The first-order chi connectivity index (χ1) is 8.36. The van der Waals surface area contributed by atoms with E-state index in [4.69, 9.17) is 4.74 Å². The van der Waals surface area contributed by atoms with Crippen molar-refractivity contribution in [3.05, 3.63) is 35.6 Å². The minimum absolute atomic E-state index is 0.174. The number of rotatable bonds is 5. The van der Waals surface area contributed by atoms with Gasteiger partial charge in [0.15, 0.2) is 0 Å². The summed E-state index contributed by atoms with van der Waals surface area (Å²) in [5, 5.41) is 3.39. The van der Waals surface area contributed by atoms with Gasteiger partial charge in [0.05, 0.1) is 6.61 Å². The van der Waals surface area contributed by atoms with Gasteiger partial charge in [-0.15, -0.1) is 0 Å². The third-order valence-corrected chi connectivity index (χ3v) is 3.28. The second-order valence-electron chi connectivity index (χ2n) is 4.65. The van der Waals surface area contributed by atoms with Crippen LogP contribution in [0.15, 0.2) is 24.3 Å². The Morgan fingerprint density at radius 1 is 1.35 bits per heavy atom. The SMILES string of the molecule is Fc1ccccc1COCC[C@@H]1CCCNC1. The maximum atomic E-state index is 13.3. The first kappa shape index (κ1) is 12.5. The number of piperidine rings is 1. The van der Waals surface area contributed by atoms with Gasteiger partial charge in [-0.2, -0.15) is 0 Å². The fraction of sp³-hybridized carbons (Fsp3) is 0.571. The van der Waals surface area contributed by atoms with E-state index in [1.54, 1.807) is 12.1 Å². The van der Waals surface area contributed by atoms with Crippen LogP contribution in [0.2, 0.25) is 0 Å². The highest BCUT2D eigenvalue weighted by Crippen LogP contribution is 2.14. The van der Waals surface area contributed by atoms with Crippen LogP contribution in [0.5, 0.6) is 0 Å². The zero-order valence-corrected chi connectivity index (χ0v) is 10.1. The van der Waals surface area contributed by atoms with Crippen LogP contribution in [0.1, 0.15) is 24.8 Å². The first-order valence-corrected chi connectivity index (χ1v) is 6.38. The molecule has 1 aliphatic rings. The van der Waals surface area contributed by atoms with E-state index in [0.29, 0.717) is 12.2 Å². The van der Waals surface area contributed by atoms with Crippen LogP contribution in [-0.4, -0.2) is 19.7 Å². The van der Waals surface area contributed by atoms with E-state index < -0.39 is 0 Å². The quantitative estimate of drug-likeness (QED) is 0.795. The monoisotopic (exact) mass is 237 g/mol. The molecule has 0 aromatic heterocycles. The minimum atomic E-state index is -0.174. The Balaban J connectivity index is 1.64. The van der Waals surface area contributed by atoms with Crippen LogP contribution in [-0.2, 0) is 11.3 Å². The van der Waals surface area contributed by atoms with E-state index in [1.165, 1.54) is 18.9 Å². The molecule has 0 radical (unpaired) electrons. The fourth-order valence-corrected chi connectivity index (χ4v) is 2.22. The molecule has 1 aliphatic heterocycles. The molecule has 3 heteroatoms. The third-order valence-electron chi connectivity index (χ3n) is 3.28.